The van der Waals surface area contributed by atoms with Crippen molar-refractivity contribution >= 4 is 28.7 Å². The normalized spacial score (nSPS) is 10.6. The highest BCUT2D eigenvalue weighted by atomic mass is 35.5. The van der Waals surface area contributed by atoms with Crippen LogP contribution in [0.4, 0.5) is 34.6 Å². The topological polar surface area (TPSA) is 38.0 Å². The Labute approximate surface area is 110 Å². The minimum atomic E-state index is -1.16. The quantitative estimate of drug-likeness (QED) is 0.642. The van der Waals surface area contributed by atoms with Gasteiger partial charge in [0, 0.05) is 18.2 Å². The summed E-state index contributed by atoms with van der Waals surface area (Å²) in [7, 11) is 0. The molecule has 7 heteroatoms. The number of halogens is 5. The number of hydrogen-bond acceptors (Lipinski definition) is 2. The largest absolute Gasteiger partial charge is 0.397 e. The molecular formula is C12H7ClF4N2. The molecule has 2 aromatic rings. The third kappa shape index (κ3) is 2.73. The summed E-state index contributed by atoms with van der Waals surface area (Å²) >= 11 is 5.49. The van der Waals surface area contributed by atoms with Gasteiger partial charge in [-0.3, -0.25) is 0 Å². The maximum atomic E-state index is 13.4. The summed E-state index contributed by atoms with van der Waals surface area (Å²) < 4.78 is 52.8. The SMILES string of the molecule is Nc1cc(Cl)c(F)cc1Nc1c(F)cc(F)cc1F. The molecule has 0 aliphatic rings. The van der Waals surface area contributed by atoms with Gasteiger partial charge in [0.2, 0.25) is 0 Å². The van der Waals surface area contributed by atoms with E-state index in [4.69, 9.17) is 17.3 Å². The van der Waals surface area contributed by atoms with Crippen LogP contribution < -0.4 is 11.1 Å². The lowest BCUT2D eigenvalue weighted by Gasteiger charge is -2.12. The van der Waals surface area contributed by atoms with E-state index in [1.807, 2.05) is 0 Å². The first kappa shape index (κ1) is 13.5. The zero-order chi connectivity index (χ0) is 14.2. The van der Waals surface area contributed by atoms with E-state index < -0.39 is 29.0 Å². The second-order valence-corrected chi connectivity index (χ2v) is 4.13. The van der Waals surface area contributed by atoms with Crippen LogP contribution in [0.25, 0.3) is 0 Å². The fraction of sp³-hybridized carbons (Fsp3) is 0. The molecule has 0 amide bonds. The van der Waals surface area contributed by atoms with Crippen molar-refractivity contribution in [3.63, 3.8) is 0 Å². The molecule has 3 N–H and O–H groups in total. The highest BCUT2D eigenvalue weighted by Crippen LogP contribution is 2.31. The van der Waals surface area contributed by atoms with E-state index in [-0.39, 0.29) is 16.4 Å². The maximum Gasteiger partial charge on any atom is 0.152 e. The third-order valence-electron chi connectivity index (χ3n) is 2.36. The molecule has 100 valence electrons. The van der Waals surface area contributed by atoms with E-state index in [9.17, 15) is 17.6 Å². The fourth-order valence-electron chi connectivity index (χ4n) is 1.47. The van der Waals surface area contributed by atoms with Gasteiger partial charge in [0.25, 0.3) is 0 Å². The molecule has 0 bridgehead atoms. The van der Waals surface area contributed by atoms with Crippen LogP contribution in [0, 0.1) is 23.3 Å². The number of hydrogen-bond donors (Lipinski definition) is 2. The van der Waals surface area contributed by atoms with Crippen LogP contribution in [0.5, 0.6) is 0 Å². The molecule has 0 saturated carbocycles. The van der Waals surface area contributed by atoms with Crippen LogP contribution in [0.2, 0.25) is 5.02 Å². The predicted molar refractivity (Wildman–Crippen MR) is 65.4 cm³/mol. The fourth-order valence-corrected chi connectivity index (χ4v) is 1.64. The molecule has 0 saturated heterocycles. The zero-order valence-corrected chi connectivity index (χ0v) is 10.0. The molecule has 2 rings (SSSR count). The number of benzene rings is 2. The van der Waals surface area contributed by atoms with Crippen LogP contribution in [-0.2, 0) is 0 Å². The van der Waals surface area contributed by atoms with Gasteiger partial charge in [-0.05, 0) is 6.07 Å². The molecule has 2 nitrogen and oxygen atoms in total. The van der Waals surface area contributed by atoms with E-state index in [1.54, 1.807) is 0 Å². The van der Waals surface area contributed by atoms with Crippen molar-refractivity contribution in [3.8, 4) is 0 Å². The molecule has 0 unspecified atom stereocenters. The molecule has 19 heavy (non-hydrogen) atoms. The van der Waals surface area contributed by atoms with Gasteiger partial charge in [0.1, 0.15) is 17.3 Å². The Morgan fingerprint density at radius 2 is 1.47 bits per heavy atom. The van der Waals surface area contributed by atoms with E-state index in [0.717, 1.165) is 12.1 Å². The first-order chi connectivity index (χ1) is 8.88. The summed E-state index contributed by atoms with van der Waals surface area (Å²) in [5.41, 5.74) is 4.82. The molecule has 0 heterocycles. The standard InChI is InChI=1S/C12H7ClF4N2/c13-6-3-10(18)11(4-7(6)15)19-12-8(16)1-5(14)2-9(12)17/h1-4,19H,18H2. The second kappa shape index (κ2) is 4.97. The molecule has 0 aliphatic heterocycles. The number of nitrogens with one attached hydrogen (secondary N) is 1. The number of nitrogens with two attached hydrogens (primary N) is 1. The van der Waals surface area contributed by atoms with Gasteiger partial charge in [-0.2, -0.15) is 0 Å². The summed E-state index contributed by atoms with van der Waals surface area (Å²) in [6, 6.07) is 2.97. The predicted octanol–water partition coefficient (Wildman–Crippen LogP) is 4.22. The van der Waals surface area contributed by atoms with Crippen molar-refractivity contribution in [1.29, 1.82) is 0 Å². The maximum absolute atomic E-state index is 13.4. The van der Waals surface area contributed by atoms with Crippen LogP contribution >= 0.6 is 11.6 Å². The first-order valence-electron chi connectivity index (χ1n) is 5.04. The summed E-state index contributed by atoms with van der Waals surface area (Å²) in [5.74, 6) is -4.18. The van der Waals surface area contributed by atoms with Crippen molar-refractivity contribution in [2.45, 2.75) is 0 Å². The minimum Gasteiger partial charge on any atom is -0.397 e. The van der Waals surface area contributed by atoms with E-state index in [2.05, 4.69) is 5.32 Å². The second-order valence-electron chi connectivity index (χ2n) is 3.72. The molecule has 2 aromatic carbocycles. The van der Waals surface area contributed by atoms with Crippen LogP contribution in [0.3, 0.4) is 0 Å². The van der Waals surface area contributed by atoms with Gasteiger partial charge in [-0.15, -0.1) is 0 Å². The van der Waals surface area contributed by atoms with Crippen molar-refractivity contribution < 1.29 is 17.6 Å². The lowest BCUT2D eigenvalue weighted by molar-refractivity contribution is 0.549. The monoisotopic (exact) mass is 290 g/mol. The molecule has 0 spiro atoms. The summed E-state index contributed by atoms with van der Waals surface area (Å²) in [6.07, 6.45) is 0. The Balaban J connectivity index is 2.45. The smallest absolute Gasteiger partial charge is 0.152 e. The van der Waals surface area contributed by atoms with Crippen LogP contribution in [0.1, 0.15) is 0 Å². The summed E-state index contributed by atoms with van der Waals surface area (Å²) in [5, 5.41) is 2.04. The van der Waals surface area contributed by atoms with Gasteiger partial charge in [-0.25, -0.2) is 17.6 Å². The van der Waals surface area contributed by atoms with Crippen LogP contribution in [0.15, 0.2) is 24.3 Å². The molecule has 0 aliphatic carbocycles. The molecule has 0 radical (unpaired) electrons. The molecule has 0 fully saturated rings. The third-order valence-corrected chi connectivity index (χ3v) is 2.65. The van der Waals surface area contributed by atoms with Crippen LogP contribution in [-0.4, -0.2) is 0 Å². The molecular weight excluding hydrogens is 284 g/mol. The Bertz CT molecular complexity index is 623. The average Bonchev–Trinajstić information content (AvgIpc) is 2.29. The average molecular weight is 291 g/mol. The zero-order valence-electron chi connectivity index (χ0n) is 9.28. The van der Waals surface area contributed by atoms with Crippen molar-refractivity contribution in [1.82, 2.24) is 0 Å². The lowest BCUT2D eigenvalue weighted by Crippen LogP contribution is -2.02. The summed E-state index contributed by atoms with van der Waals surface area (Å²) in [4.78, 5) is 0. The number of anilines is 3. The Morgan fingerprint density at radius 3 is 2.05 bits per heavy atom. The summed E-state index contributed by atoms with van der Waals surface area (Å²) in [6.45, 7) is 0. The minimum absolute atomic E-state index is 0.00507. The van der Waals surface area contributed by atoms with Gasteiger partial charge in [-0.1, -0.05) is 11.6 Å². The Kier molecular flexibility index (Phi) is 3.53. The first-order valence-corrected chi connectivity index (χ1v) is 5.42. The van der Waals surface area contributed by atoms with Gasteiger partial charge in [0.15, 0.2) is 11.6 Å². The van der Waals surface area contributed by atoms with E-state index >= 15 is 0 Å². The number of nitrogen functional groups attached to an aromatic ring is 1. The van der Waals surface area contributed by atoms with Gasteiger partial charge in [0.05, 0.1) is 16.4 Å². The van der Waals surface area contributed by atoms with E-state index in [0.29, 0.717) is 12.1 Å². The number of rotatable bonds is 2. The highest BCUT2D eigenvalue weighted by Gasteiger charge is 2.14. The van der Waals surface area contributed by atoms with Gasteiger partial charge >= 0.3 is 0 Å². The van der Waals surface area contributed by atoms with Crippen molar-refractivity contribution in [2.24, 2.45) is 0 Å². The molecule has 0 aromatic heterocycles. The van der Waals surface area contributed by atoms with Gasteiger partial charge < -0.3 is 11.1 Å². The Morgan fingerprint density at radius 1 is 0.895 bits per heavy atom. The van der Waals surface area contributed by atoms with Crippen molar-refractivity contribution in [2.75, 3.05) is 11.1 Å². The Hall–Kier alpha value is -1.95. The van der Waals surface area contributed by atoms with Crippen molar-refractivity contribution in [3.05, 3.63) is 52.6 Å². The van der Waals surface area contributed by atoms with E-state index in [1.165, 1.54) is 0 Å². The lowest BCUT2D eigenvalue weighted by atomic mass is 10.2. The molecule has 0 atom stereocenters. The highest BCUT2D eigenvalue weighted by molar-refractivity contribution is 6.31.